The topological polar surface area (TPSA) is 21.8 Å². The van der Waals surface area contributed by atoms with Crippen LogP contribution in [0.25, 0.3) is 0 Å². The van der Waals surface area contributed by atoms with Crippen molar-refractivity contribution in [1.82, 2.24) is 20.0 Å². The predicted octanol–water partition coefficient (Wildman–Crippen LogP) is 0.698. The number of rotatable bonds is 5. The lowest BCUT2D eigenvalue weighted by Crippen LogP contribution is -2.57. The first-order chi connectivity index (χ1) is 9.07. The van der Waals surface area contributed by atoms with E-state index in [1.54, 1.807) is 0 Å². The van der Waals surface area contributed by atoms with Crippen LogP contribution in [0.3, 0.4) is 0 Å². The minimum atomic E-state index is 0.365. The number of nitrogens with zero attached hydrogens (tertiary/aromatic N) is 3. The second-order valence-electron chi connectivity index (χ2n) is 6.87. The van der Waals surface area contributed by atoms with E-state index in [0.29, 0.717) is 5.54 Å². The molecule has 4 heteroatoms. The summed E-state index contributed by atoms with van der Waals surface area (Å²) in [5.74, 6) is 0. The molecular formula is C15H32N4. The number of nitrogens with one attached hydrogen (secondary N) is 1. The Balaban J connectivity index is 1.68. The minimum Gasteiger partial charge on any atom is -0.310 e. The summed E-state index contributed by atoms with van der Waals surface area (Å²) in [5, 5.41) is 3.73. The average Bonchev–Trinajstić information content (AvgIpc) is 2.38. The Bertz CT molecular complexity index is 253. The van der Waals surface area contributed by atoms with Gasteiger partial charge in [0.15, 0.2) is 0 Å². The van der Waals surface area contributed by atoms with Gasteiger partial charge >= 0.3 is 0 Å². The fourth-order valence-corrected chi connectivity index (χ4v) is 3.26. The van der Waals surface area contributed by atoms with Gasteiger partial charge in [-0.05, 0) is 40.4 Å². The lowest BCUT2D eigenvalue weighted by molar-refractivity contribution is 0.0917. The van der Waals surface area contributed by atoms with Gasteiger partial charge in [0.25, 0.3) is 0 Å². The summed E-state index contributed by atoms with van der Waals surface area (Å²) in [4.78, 5) is 7.54. The smallest absolute Gasteiger partial charge is 0.0280 e. The molecule has 0 bridgehead atoms. The highest BCUT2D eigenvalue weighted by atomic mass is 15.3. The van der Waals surface area contributed by atoms with Crippen LogP contribution < -0.4 is 5.32 Å². The normalized spacial score (nSPS) is 30.9. The minimum absolute atomic E-state index is 0.365. The molecule has 2 heterocycles. The Morgan fingerprint density at radius 2 is 1.74 bits per heavy atom. The maximum atomic E-state index is 3.73. The van der Waals surface area contributed by atoms with E-state index >= 15 is 0 Å². The van der Waals surface area contributed by atoms with Crippen molar-refractivity contribution in [2.45, 2.75) is 31.7 Å². The highest BCUT2D eigenvalue weighted by molar-refractivity contribution is 4.90. The maximum Gasteiger partial charge on any atom is 0.0280 e. The molecule has 2 aliphatic heterocycles. The van der Waals surface area contributed by atoms with Crippen molar-refractivity contribution in [3.05, 3.63) is 0 Å². The molecule has 0 radical (unpaired) electrons. The third kappa shape index (κ3) is 5.03. The molecule has 0 aromatic carbocycles. The van der Waals surface area contributed by atoms with Gasteiger partial charge in [0, 0.05) is 51.4 Å². The summed E-state index contributed by atoms with van der Waals surface area (Å²) >= 11 is 0. The molecule has 19 heavy (non-hydrogen) atoms. The zero-order valence-corrected chi connectivity index (χ0v) is 13.1. The Hall–Kier alpha value is -0.160. The molecule has 2 aliphatic rings. The van der Waals surface area contributed by atoms with Gasteiger partial charge in [-0.15, -0.1) is 0 Å². The number of hydrogen-bond acceptors (Lipinski definition) is 4. The van der Waals surface area contributed by atoms with Crippen LogP contribution in [0.4, 0.5) is 0 Å². The highest BCUT2D eigenvalue weighted by Crippen LogP contribution is 2.20. The zero-order chi connectivity index (χ0) is 13.7. The van der Waals surface area contributed by atoms with Crippen molar-refractivity contribution >= 4 is 0 Å². The third-order valence-electron chi connectivity index (χ3n) is 4.61. The van der Waals surface area contributed by atoms with Gasteiger partial charge in [-0.2, -0.15) is 0 Å². The van der Waals surface area contributed by atoms with Gasteiger partial charge in [0.05, 0.1) is 0 Å². The number of piperazine rings is 1. The summed E-state index contributed by atoms with van der Waals surface area (Å²) in [6.07, 6.45) is 4.09. The van der Waals surface area contributed by atoms with Gasteiger partial charge in [-0.3, -0.25) is 9.80 Å². The van der Waals surface area contributed by atoms with Crippen LogP contribution in [-0.2, 0) is 0 Å². The molecule has 0 amide bonds. The molecule has 1 atom stereocenters. The predicted molar refractivity (Wildman–Crippen MR) is 81.7 cm³/mol. The lowest BCUT2D eigenvalue weighted by atomic mass is 9.90. The molecule has 4 nitrogen and oxygen atoms in total. The van der Waals surface area contributed by atoms with Crippen molar-refractivity contribution in [2.24, 2.45) is 0 Å². The summed E-state index contributed by atoms with van der Waals surface area (Å²) in [6, 6.07) is 0. The largest absolute Gasteiger partial charge is 0.310 e. The molecule has 0 spiro atoms. The van der Waals surface area contributed by atoms with Crippen LogP contribution in [0, 0.1) is 0 Å². The fourth-order valence-electron chi connectivity index (χ4n) is 3.26. The fraction of sp³-hybridized carbons (Fsp3) is 1.00. The average molecular weight is 268 g/mol. The molecule has 2 fully saturated rings. The van der Waals surface area contributed by atoms with E-state index in [4.69, 9.17) is 0 Å². The van der Waals surface area contributed by atoms with E-state index in [-0.39, 0.29) is 0 Å². The zero-order valence-electron chi connectivity index (χ0n) is 13.1. The Labute approximate surface area is 119 Å². The SMILES string of the molecule is CN(C)CCN1CCN(CC2(C)CCCCN2)CC1. The van der Waals surface area contributed by atoms with E-state index < -0.39 is 0 Å². The Morgan fingerprint density at radius 1 is 1.05 bits per heavy atom. The Morgan fingerprint density at radius 3 is 2.32 bits per heavy atom. The summed E-state index contributed by atoms with van der Waals surface area (Å²) in [5.41, 5.74) is 0.365. The van der Waals surface area contributed by atoms with E-state index in [9.17, 15) is 0 Å². The van der Waals surface area contributed by atoms with Crippen molar-refractivity contribution < 1.29 is 0 Å². The molecule has 2 rings (SSSR count). The molecule has 0 saturated carbocycles. The van der Waals surface area contributed by atoms with E-state index in [0.717, 1.165) is 0 Å². The molecule has 2 saturated heterocycles. The van der Waals surface area contributed by atoms with Gasteiger partial charge < -0.3 is 10.2 Å². The van der Waals surface area contributed by atoms with Crippen molar-refractivity contribution in [3.63, 3.8) is 0 Å². The van der Waals surface area contributed by atoms with E-state index in [2.05, 4.69) is 41.0 Å². The molecular weight excluding hydrogens is 236 g/mol. The van der Waals surface area contributed by atoms with Crippen molar-refractivity contribution in [3.8, 4) is 0 Å². The maximum absolute atomic E-state index is 3.73. The first kappa shape index (κ1) is 15.2. The first-order valence-electron chi connectivity index (χ1n) is 7.92. The van der Waals surface area contributed by atoms with Crippen LogP contribution in [-0.4, -0.2) is 86.7 Å². The number of hydrogen-bond donors (Lipinski definition) is 1. The molecule has 0 aromatic rings. The van der Waals surface area contributed by atoms with Crippen molar-refractivity contribution in [1.29, 1.82) is 0 Å². The van der Waals surface area contributed by atoms with Gasteiger partial charge in [0.1, 0.15) is 0 Å². The second kappa shape index (κ2) is 7.02. The molecule has 0 aliphatic carbocycles. The van der Waals surface area contributed by atoms with E-state index in [1.807, 2.05) is 0 Å². The van der Waals surface area contributed by atoms with Crippen molar-refractivity contribution in [2.75, 3.05) is 66.5 Å². The summed E-state index contributed by atoms with van der Waals surface area (Å²) < 4.78 is 0. The van der Waals surface area contributed by atoms with Crippen LogP contribution in [0.5, 0.6) is 0 Å². The quantitative estimate of drug-likeness (QED) is 0.792. The van der Waals surface area contributed by atoms with Crippen LogP contribution in [0.1, 0.15) is 26.2 Å². The van der Waals surface area contributed by atoms with Gasteiger partial charge in [-0.1, -0.05) is 6.42 Å². The third-order valence-corrected chi connectivity index (χ3v) is 4.61. The highest BCUT2D eigenvalue weighted by Gasteiger charge is 2.29. The Kier molecular flexibility index (Phi) is 5.63. The van der Waals surface area contributed by atoms with Crippen LogP contribution >= 0.6 is 0 Å². The monoisotopic (exact) mass is 268 g/mol. The summed E-state index contributed by atoms with van der Waals surface area (Å²) in [6.45, 7) is 12.2. The van der Waals surface area contributed by atoms with E-state index in [1.165, 1.54) is 71.6 Å². The molecule has 0 aromatic heterocycles. The first-order valence-corrected chi connectivity index (χ1v) is 7.92. The molecule has 1 N–H and O–H groups in total. The lowest BCUT2D eigenvalue weighted by Gasteiger charge is -2.42. The van der Waals surface area contributed by atoms with Gasteiger partial charge in [-0.25, -0.2) is 0 Å². The molecule has 112 valence electrons. The number of likely N-dealkylation sites (N-methyl/N-ethyl adjacent to an activating group) is 1. The second-order valence-corrected chi connectivity index (χ2v) is 6.87. The van der Waals surface area contributed by atoms with Crippen LogP contribution in [0.2, 0.25) is 0 Å². The molecule has 1 unspecified atom stereocenters. The summed E-state index contributed by atoms with van der Waals surface area (Å²) in [7, 11) is 4.32. The number of piperidine rings is 1. The van der Waals surface area contributed by atoms with Crippen LogP contribution in [0.15, 0.2) is 0 Å². The van der Waals surface area contributed by atoms with Gasteiger partial charge in [0.2, 0.25) is 0 Å². The standard InChI is InChI=1S/C15H32N4/c1-15(6-4-5-7-16-15)14-19-12-10-18(11-13-19)9-8-17(2)3/h16H,4-14H2,1-3H3.